The summed E-state index contributed by atoms with van der Waals surface area (Å²) in [6.45, 7) is 4.10. The van der Waals surface area contributed by atoms with E-state index in [0.29, 0.717) is 44.4 Å². The maximum Gasteiger partial charge on any atom is 0.282 e. The van der Waals surface area contributed by atoms with Crippen LogP contribution in [0.4, 0.5) is 5.95 Å². The van der Waals surface area contributed by atoms with Gasteiger partial charge in [0, 0.05) is 56.1 Å². The number of nitrogens with zero attached hydrogens (tertiary/aromatic N) is 6. The summed E-state index contributed by atoms with van der Waals surface area (Å²) in [4.78, 5) is 14.7. The van der Waals surface area contributed by atoms with Gasteiger partial charge >= 0.3 is 0 Å². The zero-order valence-electron chi connectivity index (χ0n) is 18.9. The van der Waals surface area contributed by atoms with E-state index in [1.165, 1.54) is 8.61 Å². The summed E-state index contributed by atoms with van der Waals surface area (Å²) >= 11 is 1.55. The highest BCUT2D eigenvalue weighted by atomic mass is 32.2. The van der Waals surface area contributed by atoms with E-state index in [1.807, 2.05) is 53.2 Å². The number of rotatable bonds is 8. The molecule has 5 rings (SSSR count). The third-order valence-electron chi connectivity index (χ3n) is 5.75. The van der Waals surface area contributed by atoms with Gasteiger partial charge in [-0.3, -0.25) is 4.40 Å². The number of ether oxygens (including phenoxy) is 1. The van der Waals surface area contributed by atoms with Gasteiger partial charge in [0.15, 0.2) is 4.96 Å². The first-order valence-corrected chi connectivity index (χ1v) is 13.2. The highest BCUT2D eigenvalue weighted by Gasteiger charge is 2.34. The molecule has 1 N–H and O–H groups in total. The van der Waals surface area contributed by atoms with Gasteiger partial charge in [0.2, 0.25) is 5.95 Å². The molecule has 4 aromatic rings. The predicted octanol–water partition coefficient (Wildman–Crippen LogP) is 2.82. The van der Waals surface area contributed by atoms with E-state index in [1.54, 1.807) is 24.6 Å². The first-order valence-electron chi connectivity index (χ1n) is 10.9. The summed E-state index contributed by atoms with van der Waals surface area (Å²) in [5.74, 6) is 1.19. The maximum atomic E-state index is 12.5. The van der Waals surface area contributed by atoms with Crippen LogP contribution in [0.25, 0.3) is 27.6 Å². The molecule has 0 spiro atoms. The lowest BCUT2D eigenvalue weighted by atomic mass is 10.1. The number of methoxy groups -OCH3 is 1. The summed E-state index contributed by atoms with van der Waals surface area (Å²) in [7, 11) is -1.73. The number of nitrogens with one attached hydrogen (secondary N) is 1. The second kappa shape index (κ2) is 9.29. The molecule has 0 amide bonds. The zero-order chi connectivity index (χ0) is 23.7. The first kappa shape index (κ1) is 22.7. The molecule has 0 radical (unpaired) electrons. The molecule has 1 aliphatic rings. The molecule has 0 unspecified atom stereocenters. The first-order chi connectivity index (χ1) is 16.5. The Balaban J connectivity index is 1.40. The second-order valence-electron chi connectivity index (χ2n) is 7.69. The molecule has 178 valence electrons. The largest absolute Gasteiger partial charge is 0.497 e. The minimum atomic E-state index is -3.37. The molecule has 1 fully saturated rings. The van der Waals surface area contributed by atoms with E-state index in [-0.39, 0.29) is 0 Å². The Morgan fingerprint density at radius 3 is 2.82 bits per heavy atom. The molecule has 0 bridgehead atoms. The SMILES string of the molecule is CCN1CCN(CCNc2nccc(-c3c(-c4cccc(OC)c4)nc4sccn34)n2)S1(=O)=O. The lowest BCUT2D eigenvalue weighted by molar-refractivity contribution is 0.415. The predicted molar refractivity (Wildman–Crippen MR) is 132 cm³/mol. The Hall–Kier alpha value is -3.06. The van der Waals surface area contributed by atoms with E-state index < -0.39 is 10.2 Å². The van der Waals surface area contributed by atoms with E-state index in [2.05, 4.69) is 10.3 Å². The topological polar surface area (TPSA) is 105 Å². The van der Waals surface area contributed by atoms with Crippen molar-refractivity contribution in [3.63, 3.8) is 0 Å². The van der Waals surface area contributed by atoms with Crippen molar-refractivity contribution in [2.45, 2.75) is 6.92 Å². The van der Waals surface area contributed by atoms with Gasteiger partial charge in [-0.05, 0) is 18.2 Å². The van der Waals surface area contributed by atoms with Crippen LogP contribution in [0.5, 0.6) is 5.75 Å². The van der Waals surface area contributed by atoms with Crippen LogP contribution in [-0.4, -0.2) is 76.2 Å². The van der Waals surface area contributed by atoms with Crippen LogP contribution < -0.4 is 10.1 Å². The number of hydrogen-bond donors (Lipinski definition) is 1. The highest BCUT2D eigenvalue weighted by molar-refractivity contribution is 7.87. The van der Waals surface area contributed by atoms with Crippen LogP contribution in [-0.2, 0) is 10.2 Å². The van der Waals surface area contributed by atoms with Crippen molar-refractivity contribution in [2.75, 3.05) is 45.2 Å². The Morgan fingerprint density at radius 1 is 1.18 bits per heavy atom. The van der Waals surface area contributed by atoms with Gasteiger partial charge in [0.25, 0.3) is 10.2 Å². The summed E-state index contributed by atoms with van der Waals surface area (Å²) < 4.78 is 35.3. The van der Waals surface area contributed by atoms with Crippen molar-refractivity contribution in [3.05, 3.63) is 48.1 Å². The molecule has 0 aliphatic carbocycles. The lowest BCUT2D eigenvalue weighted by Gasteiger charge is -2.17. The number of anilines is 1. The minimum absolute atomic E-state index is 0.350. The van der Waals surface area contributed by atoms with Crippen LogP contribution in [0.3, 0.4) is 0 Å². The summed E-state index contributed by atoms with van der Waals surface area (Å²) in [5.41, 5.74) is 3.30. The molecule has 1 aliphatic heterocycles. The number of fused-ring (bicyclic) bond motifs is 1. The summed E-state index contributed by atoms with van der Waals surface area (Å²) in [6, 6.07) is 9.63. The van der Waals surface area contributed by atoms with Gasteiger partial charge in [0.1, 0.15) is 11.4 Å². The fraction of sp³-hybridized carbons (Fsp3) is 0.318. The molecule has 1 aromatic carbocycles. The van der Waals surface area contributed by atoms with Crippen molar-refractivity contribution >= 4 is 32.5 Å². The van der Waals surface area contributed by atoms with Crippen LogP contribution in [0, 0.1) is 0 Å². The van der Waals surface area contributed by atoms with E-state index in [0.717, 1.165) is 27.7 Å². The van der Waals surface area contributed by atoms with Crippen molar-refractivity contribution in [1.29, 1.82) is 0 Å². The van der Waals surface area contributed by atoms with Gasteiger partial charge in [-0.1, -0.05) is 19.1 Å². The highest BCUT2D eigenvalue weighted by Crippen LogP contribution is 2.34. The molecule has 4 heterocycles. The number of thiazole rings is 1. The van der Waals surface area contributed by atoms with Crippen molar-refractivity contribution < 1.29 is 13.2 Å². The minimum Gasteiger partial charge on any atom is -0.497 e. The zero-order valence-corrected chi connectivity index (χ0v) is 20.5. The standard InChI is InChI=1S/C22H25N7O3S2/c1-3-27-11-12-28(34(27,30)31)10-9-24-21-23-8-7-18(25-21)20-19(26-22-29(20)13-14-33-22)16-5-4-6-17(15-16)32-2/h4-8,13-15H,3,9-12H2,1-2H3,(H,23,24,25). The second-order valence-corrected chi connectivity index (χ2v) is 10.5. The van der Waals surface area contributed by atoms with Crippen LogP contribution in [0.1, 0.15) is 6.92 Å². The molecule has 3 aromatic heterocycles. The maximum absolute atomic E-state index is 12.5. The molecule has 0 saturated carbocycles. The monoisotopic (exact) mass is 499 g/mol. The molecule has 12 heteroatoms. The van der Waals surface area contributed by atoms with Gasteiger partial charge < -0.3 is 10.1 Å². The number of benzene rings is 1. The fourth-order valence-electron chi connectivity index (χ4n) is 4.04. The lowest BCUT2D eigenvalue weighted by Crippen LogP contribution is -2.35. The smallest absolute Gasteiger partial charge is 0.282 e. The molecular weight excluding hydrogens is 474 g/mol. The summed E-state index contributed by atoms with van der Waals surface area (Å²) in [6.07, 6.45) is 3.66. The number of imidazole rings is 1. The molecule has 1 saturated heterocycles. The number of hydrogen-bond acceptors (Lipinski definition) is 8. The van der Waals surface area contributed by atoms with Crippen LogP contribution >= 0.6 is 11.3 Å². The Bertz CT molecular complexity index is 1420. The third kappa shape index (κ3) is 4.13. The van der Waals surface area contributed by atoms with E-state index in [9.17, 15) is 8.42 Å². The van der Waals surface area contributed by atoms with Gasteiger partial charge in [-0.2, -0.15) is 17.0 Å². The van der Waals surface area contributed by atoms with Gasteiger partial charge in [-0.25, -0.2) is 15.0 Å². The normalized spacial score (nSPS) is 16.3. The van der Waals surface area contributed by atoms with Crippen molar-refractivity contribution in [3.8, 4) is 28.4 Å². The quantitative estimate of drug-likeness (QED) is 0.397. The molecular formula is C22H25N7O3S2. The van der Waals surface area contributed by atoms with Crippen molar-refractivity contribution in [2.24, 2.45) is 0 Å². The number of aromatic nitrogens is 4. The van der Waals surface area contributed by atoms with Crippen LogP contribution in [0.2, 0.25) is 0 Å². The van der Waals surface area contributed by atoms with Gasteiger partial charge in [-0.15, -0.1) is 11.3 Å². The van der Waals surface area contributed by atoms with Crippen molar-refractivity contribution in [1.82, 2.24) is 28.0 Å². The number of likely N-dealkylation sites (N-methyl/N-ethyl adjacent to an activating group) is 1. The Morgan fingerprint density at radius 2 is 2.03 bits per heavy atom. The molecule has 34 heavy (non-hydrogen) atoms. The molecule has 10 nitrogen and oxygen atoms in total. The van der Waals surface area contributed by atoms with E-state index in [4.69, 9.17) is 14.7 Å². The van der Waals surface area contributed by atoms with Crippen LogP contribution in [0.15, 0.2) is 48.1 Å². The Kier molecular flexibility index (Phi) is 6.21. The third-order valence-corrected chi connectivity index (χ3v) is 8.62. The fourth-order valence-corrected chi connectivity index (χ4v) is 6.35. The average Bonchev–Trinajstić information content (AvgIpc) is 3.52. The molecule has 0 atom stereocenters. The average molecular weight is 500 g/mol. The summed E-state index contributed by atoms with van der Waals surface area (Å²) in [5, 5.41) is 5.15. The van der Waals surface area contributed by atoms with Gasteiger partial charge in [0.05, 0.1) is 18.5 Å². The Labute approximate surface area is 202 Å². The van der Waals surface area contributed by atoms with E-state index >= 15 is 0 Å².